The number of amides is 3. The van der Waals surface area contributed by atoms with Gasteiger partial charge in [0.1, 0.15) is 0 Å². The third-order valence-corrected chi connectivity index (χ3v) is 1.54. The molecule has 0 aliphatic heterocycles. The summed E-state index contributed by atoms with van der Waals surface area (Å²) in [6.45, 7) is 1.98. The molecule has 0 saturated carbocycles. The van der Waals surface area contributed by atoms with Crippen molar-refractivity contribution in [2.24, 2.45) is 5.73 Å². The van der Waals surface area contributed by atoms with Gasteiger partial charge in [0.15, 0.2) is 0 Å². The van der Waals surface area contributed by atoms with Crippen LogP contribution in [0, 0.1) is 0 Å². The molecule has 0 radical (unpaired) electrons. The van der Waals surface area contributed by atoms with Crippen LogP contribution in [0.15, 0.2) is 0 Å². The monoisotopic (exact) mass is 217 g/mol. The summed E-state index contributed by atoms with van der Waals surface area (Å²) in [7, 11) is 1.79. The smallest absolute Gasteiger partial charge is 0.315 e. The van der Waals surface area contributed by atoms with Crippen LogP contribution < -0.4 is 27.0 Å². The van der Waals surface area contributed by atoms with E-state index in [0.717, 1.165) is 0 Å². The molecular weight excluding hydrogens is 198 g/mol. The van der Waals surface area contributed by atoms with Crippen LogP contribution in [-0.4, -0.2) is 51.7 Å². The number of carbonyl (C=O) groups excluding carboxylic acids is 2. The van der Waals surface area contributed by atoms with Gasteiger partial charge in [-0.25, -0.2) is 4.79 Å². The number of nitrogens with two attached hydrogens (primary N) is 1. The minimum absolute atomic E-state index is 0.0363. The molecule has 0 rings (SSSR count). The van der Waals surface area contributed by atoms with Crippen molar-refractivity contribution in [2.45, 2.75) is 0 Å². The van der Waals surface area contributed by atoms with E-state index >= 15 is 0 Å². The van der Waals surface area contributed by atoms with Gasteiger partial charge in [0.05, 0.1) is 6.54 Å². The molecule has 0 aliphatic carbocycles. The normalized spacial score (nSPS) is 9.47. The van der Waals surface area contributed by atoms with Crippen molar-refractivity contribution >= 4 is 11.9 Å². The maximum Gasteiger partial charge on any atom is 0.315 e. The summed E-state index contributed by atoms with van der Waals surface area (Å²) >= 11 is 0. The van der Waals surface area contributed by atoms with Crippen LogP contribution in [0.25, 0.3) is 0 Å². The van der Waals surface area contributed by atoms with Crippen molar-refractivity contribution in [1.29, 1.82) is 0 Å². The SMILES string of the molecule is CNCCNC(=O)NCC(=O)NCCN. The highest BCUT2D eigenvalue weighted by Crippen LogP contribution is 1.67. The van der Waals surface area contributed by atoms with E-state index in [1.807, 2.05) is 0 Å². The Hall–Kier alpha value is -1.34. The van der Waals surface area contributed by atoms with Gasteiger partial charge in [0.2, 0.25) is 5.91 Å². The molecule has 6 N–H and O–H groups in total. The molecule has 0 saturated heterocycles. The average molecular weight is 217 g/mol. The van der Waals surface area contributed by atoms with E-state index in [-0.39, 0.29) is 18.5 Å². The van der Waals surface area contributed by atoms with Crippen LogP contribution in [-0.2, 0) is 4.79 Å². The van der Waals surface area contributed by atoms with Gasteiger partial charge in [-0.3, -0.25) is 4.79 Å². The van der Waals surface area contributed by atoms with Crippen LogP contribution in [0.1, 0.15) is 0 Å². The second-order valence-corrected chi connectivity index (χ2v) is 2.85. The minimum atomic E-state index is -0.354. The quantitative estimate of drug-likeness (QED) is 0.306. The van der Waals surface area contributed by atoms with E-state index in [1.54, 1.807) is 7.05 Å². The first-order valence-electron chi connectivity index (χ1n) is 4.83. The zero-order chi connectivity index (χ0) is 11.5. The van der Waals surface area contributed by atoms with E-state index in [9.17, 15) is 9.59 Å². The molecule has 0 bridgehead atoms. The highest BCUT2D eigenvalue weighted by molar-refractivity contribution is 5.83. The van der Waals surface area contributed by atoms with Gasteiger partial charge in [0, 0.05) is 26.2 Å². The van der Waals surface area contributed by atoms with E-state index < -0.39 is 0 Å². The Morgan fingerprint density at radius 2 is 1.80 bits per heavy atom. The molecule has 88 valence electrons. The Morgan fingerprint density at radius 1 is 1.07 bits per heavy atom. The van der Waals surface area contributed by atoms with E-state index in [0.29, 0.717) is 26.2 Å². The fourth-order valence-corrected chi connectivity index (χ4v) is 0.798. The van der Waals surface area contributed by atoms with Gasteiger partial charge >= 0.3 is 6.03 Å². The van der Waals surface area contributed by atoms with Gasteiger partial charge in [-0.1, -0.05) is 0 Å². The Labute approximate surface area is 89.2 Å². The molecule has 7 nitrogen and oxygen atoms in total. The summed E-state index contributed by atoms with van der Waals surface area (Å²) in [5, 5.41) is 10.4. The number of hydrogen-bond acceptors (Lipinski definition) is 4. The molecule has 0 aromatic heterocycles. The molecule has 0 fully saturated rings. The molecule has 0 atom stereocenters. The van der Waals surface area contributed by atoms with E-state index in [2.05, 4.69) is 21.3 Å². The van der Waals surface area contributed by atoms with Crippen molar-refractivity contribution in [3.05, 3.63) is 0 Å². The van der Waals surface area contributed by atoms with Crippen LogP contribution in [0.3, 0.4) is 0 Å². The predicted molar refractivity (Wildman–Crippen MR) is 57.4 cm³/mol. The Kier molecular flexibility index (Phi) is 8.40. The number of rotatable bonds is 7. The number of hydrogen-bond donors (Lipinski definition) is 5. The number of carbonyl (C=O) groups is 2. The van der Waals surface area contributed by atoms with E-state index in [1.165, 1.54) is 0 Å². The fourth-order valence-electron chi connectivity index (χ4n) is 0.798. The van der Waals surface area contributed by atoms with Gasteiger partial charge < -0.3 is 27.0 Å². The maximum absolute atomic E-state index is 11.0. The summed E-state index contributed by atoms with van der Waals surface area (Å²) < 4.78 is 0. The first kappa shape index (κ1) is 13.7. The predicted octanol–water partition coefficient (Wildman–Crippen LogP) is -2.42. The fraction of sp³-hybridized carbons (Fsp3) is 0.750. The first-order valence-corrected chi connectivity index (χ1v) is 4.83. The zero-order valence-corrected chi connectivity index (χ0v) is 8.93. The van der Waals surface area contributed by atoms with Crippen molar-refractivity contribution in [3.63, 3.8) is 0 Å². The van der Waals surface area contributed by atoms with Crippen LogP contribution in [0.2, 0.25) is 0 Å². The first-order chi connectivity index (χ1) is 7.20. The average Bonchev–Trinajstić information content (AvgIpc) is 2.24. The molecule has 0 heterocycles. The molecule has 0 spiro atoms. The molecule has 3 amide bonds. The second-order valence-electron chi connectivity index (χ2n) is 2.85. The van der Waals surface area contributed by atoms with Gasteiger partial charge in [-0.2, -0.15) is 0 Å². The lowest BCUT2D eigenvalue weighted by molar-refractivity contribution is -0.120. The summed E-state index contributed by atoms with van der Waals surface area (Å²) in [4.78, 5) is 22.1. The molecule has 7 heteroatoms. The van der Waals surface area contributed by atoms with Gasteiger partial charge in [-0.15, -0.1) is 0 Å². The van der Waals surface area contributed by atoms with Crippen molar-refractivity contribution < 1.29 is 9.59 Å². The molecule has 0 unspecified atom stereocenters. The number of urea groups is 1. The molecule has 0 aliphatic rings. The third-order valence-electron chi connectivity index (χ3n) is 1.54. The topological polar surface area (TPSA) is 108 Å². The lowest BCUT2D eigenvalue weighted by Gasteiger charge is -2.07. The van der Waals surface area contributed by atoms with Crippen LogP contribution in [0.4, 0.5) is 4.79 Å². The third kappa shape index (κ3) is 8.98. The van der Waals surface area contributed by atoms with Gasteiger partial charge in [0.25, 0.3) is 0 Å². The summed E-state index contributed by atoms with van der Waals surface area (Å²) in [6, 6.07) is -0.354. The lowest BCUT2D eigenvalue weighted by atomic mass is 10.5. The standard InChI is InChI=1S/C8H19N5O2/c1-10-4-5-12-8(15)13-6-7(14)11-3-2-9/h10H,2-6,9H2,1H3,(H,11,14)(H2,12,13,15). The van der Waals surface area contributed by atoms with Crippen LogP contribution in [0.5, 0.6) is 0 Å². The van der Waals surface area contributed by atoms with Gasteiger partial charge in [-0.05, 0) is 7.05 Å². The number of likely N-dealkylation sites (N-methyl/N-ethyl adjacent to an activating group) is 1. The number of nitrogens with one attached hydrogen (secondary N) is 4. The highest BCUT2D eigenvalue weighted by atomic mass is 16.2. The summed E-state index contributed by atoms with van der Waals surface area (Å²) in [5.41, 5.74) is 5.19. The van der Waals surface area contributed by atoms with Crippen LogP contribution >= 0.6 is 0 Å². The van der Waals surface area contributed by atoms with E-state index in [4.69, 9.17) is 5.73 Å². The summed E-state index contributed by atoms with van der Waals surface area (Å²) in [5.74, 6) is -0.246. The van der Waals surface area contributed by atoms with Crippen molar-refractivity contribution in [2.75, 3.05) is 39.8 Å². The highest BCUT2D eigenvalue weighted by Gasteiger charge is 2.02. The largest absolute Gasteiger partial charge is 0.353 e. The molecule has 0 aromatic rings. The molecular formula is C8H19N5O2. The Balaban J connectivity index is 3.40. The van der Waals surface area contributed by atoms with Crippen molar-refractivity contribution in [1.82, 2.24) is 21.3 Å². The lowest BCUT2D eigenvalue weighted by Crippen LogP contribution is -2.44. The summed E-state index contributed by atoms with van der Waals surface area (Å²) in [6.07, 6.45) is 0. The maximum atomic E-state index is 11.0. The Morgan fingerprint density at radius 3 is 2.40 bits per heavy atom. The second kappa shape index (κ2) is 9.22. The Bertz CT molecular complexity index is 197. The zero-order valence-electron chi connectivity index (χ0n) is 8.93. The molecule has 15 heavy (non-hydrogen) atoms. The minimum Gasteiger partial charge on any atom is -0.353 e. The molecule has 0 aromatic carbocycles. The van der Waals surface area contributed by atoms with Crippen molar-refractivity contribution in [3.8, 4) is 0 Å².